The standard InChI is InChI=1S/C20H22/c1-8-14(2)15(3)16(4)17(5)18(6)19(7)20-12-10-9-11-13-20/h9-13H,2-8H2,1H3. The molecule has 0 saturated heterocycles. The van der Waals surface area contributed by atoms with Gasteiger partial charge in [-0.25, -0.2) is 0 Å². The highest BCUT2D eigenvalue weighted by Crippen LogP contribution is 2.32. The maximum atomic E-state index is 4.10. The molecule has 0 atom stereocenters. The van der Waals surface area contributed by atoms with Crippen LogP contribution in [0.2, 0.25) is 0 Å². The van der Waals surface area contributed by atoms with Crippen molar-refractivity contribution in [3.8, 4) is 0 Å². The van der Waals surface area contributed by atoms with E-state index in [1.54, 1.807) is 0 Å². The van der Waals surface area contributed by atoms with E-state index in [1.807, 2.05) is 37.3 Å². The van der Waals surface area contributed by atoms with Crippen molar-refractivity contribution in [1.29, 1.82) is 0 Å². The zero-order valence-electron chi connectivity index (χ0n) is 12.3. The first-order valence-corrected chi connectivity index (χ1v) is 6.59. The van der Waals surface area contributed by atoms with E-state index in [0.717, 1.165) is 45.4 Å². The van der Waals surface area contributed by atoms with Gasteiger partial charge in [0.25, 0.3) is 0 Å². The third-order valence-corrected chi connectivity index (χ3v) is 3.43. The summed E-state index contributed by atoms with van der Waals surface area (Å²) in [5, 5.41) is 0. The van der Waals surface area contributed by atoms with Crippen LogP contribution >= 0.6 is 0 Å². The summed E-state index contributed by atoms with van der Waals surface area (Å²) in [5.41, 5.74) is 6.01. The lowest BCUT2D eigenvalue weighted by Gasteiger charge is -2.17. The molecule has 0 nitrogen and oxygen atoms in total. The van der Waals surface area contributed by atoms with Gasteiger partial charge in [0, 0.05) is 0 Å². The second kappa shape index (κ2) is 6.72. The summed E-state index contributed by atoms with van der Waals surface area (Å²) >= 11 is 0. The highest BCUT2D eigenvalue weighted by atomic mass is 14.2. The molecule has 0 aliphatic carbocycles. The normalized spacial score (nSPS) is 9.65. The minimum absolute atomic E-state index is 0.762. The van der Waals surface area contributed by atoms with Crippen LogP contribution in [0, 0.1) is 0 Å². The Kier molecular flexibility index (Phi) is 5.28. The molecule has 102 valence electrons. The van der Waals surface area contributed by atoms with Crippen LogP contribution in [0.4, 0.5) is 0 Å². The Morgan fingerprint density at radius 2 is 1.25 bits per heavy atom. The van der Waals surface area contributed by atoms with E-state index in [1.165, 1.54) is 0 Å². The van der Waals surface area contributed by atoms with Gasteiger partial charge in [-0.3, -0.25) is 0 Å². The Labute approximate surface area is 122 Å². The summed E-state index contributed by atoms with van der Waals surface area (Å²) in [5.74, 6) is 0. The molecule has 20 heavy (non-hydrogen) atoms. The van der Waals surface area contributed by atoms with E-state index >= 15 is 0 Å². The predicted molar refractivity (Wildman–Crippen MR) is 91.5 cm³/mol. The van der Waals surface area contributed by atoms with Crippen molar-refractivity contribution < 1.29 is 0 Å². The van der Waals surface area contributed by atoms with Gasteiger partial charge in [0.15, 0.2) is 0 Å². The van der Waals surface area contributed by atoms with Gasteiger partial charge in [-0.05, 0) is 45.4 Å². The molecule has 1 aromatic carbocycles. The van der Waals surface area contributed by atoms with Crippen LogP contribution in [0.25, 0.3) is 5.57 Å². The maximum Gasteiger partial charge on any atom is -0.0183 e. The molecule has 0 fully saturated rings. The highest BCUT2D eigenvalue weighted by Gasteiger charge is 2.12. The minimum atomic E-state index is 0.762. The Bertz CT molecular complexity index is 594. The topological polar surface area (TPSA) is 0 Å². The summed E-state index contributed by atoms with van der Waals surface area (Å²) in [6.45, 7) is 26.4. The Morgan fingerprint density at radius 1 is 0.750 bits per heavy atom. The van der Waals surface area contributed by atoms with Crippen molar-refractivity contribution in [2.75, 3.05) is 0 Å². The molecule has 0 saturated carbocycles. The summed E-state index contributed by atoms with van der Waals surface area (Å²) < 4.78 is 0. The summed E-state index contributed by atoms with van der Waals surface area (Å²) in [4.78, 5) is 0. The Balaban J connectivity index is 2.90. The van der Waals surface area contributed by atoms with Crippen LogP contribution in [0.15, 0.2) is 97.7 Å². The molecule has 0 aliphatic rings. The lowest BCUT2D eigenvalue weighted by Crippen LogP contribution is -1.98. The molecule has 0 N–H and O–H groups in total. The van der Waals surface area contributed by atoms with Gasteiger partial charge in [0.2, 0.25) is 0 Å². The first-order chi connectivity index (χ1) is 9.40. The van der Waals surface area contributed by atoms with Crippen LogP contribution < -0.4 is 0 Å². The van der Waals surface area contributed by atoms with Crippen LogP contribution in [0.5, 0.6) is 0 Å². The predicted octanol–water partition coefficient (Wildman–Crippen LogP) is 5.89. The monoisotopic (exact) mass is 262 g/mol. The van der Waals surface area contributed by atoms with E-state index < -0.39 is 0 Å². The summed E-state index contributed by atoms with van der Waals surface area (Å²) in [6, 6.07) is 9.93. The zero-order valence-corrected chi connectivity index (χ0v) is 12.3. The first-order valence-electron chi connectivity index (χ1n) is 6.59. The molecule has 0 aliphatic heterocycles. The molecular formula is C20H22. The summed E-state index contributed by atoms with van der Waals surface area (Å²) in [6.07, 6.45) is 0.844. The minimum Gasteiger partial charge on any atom is -0.0952 e. The summed E-state index contributed by atoms with van der Waals surface area (Å²) in [7, 11) is 0. The zero-order chi connectivity index (χ0) is 15.3. The molecular weight excluding hydrogens is 240 g/mol. The quantitative estimate of drug-likeness (QED) is 0.537. The van der Waals surface area contributed by atoms with Gasteiger partial charge in [0.1, 0.15) is 0 Å². The van der Waals surface area contributed by atoms with Crippen molar-refractivity contribution in [3.63, 3.8) is 0 Å². The van der Waals surface area contributed by atoms with Crippen molar-refractivity contribution in [2.45, 2.75) is 13.3 Å². The molecule has 0 aromatic heterocycles. The average molecular weight is 262 g/mol. The van der Waals surface area contributed by atoms with Crippen molar-refractivity contribution in [3.05, 3.63) is 103 Å². The number of hydrogen-bond acceptors (Lipinski definition) is 0. The van der Waals surface area contributed by atoms with Gasteiger partial charge >= 0.3 is 0 Å². The van der Waals surface area contributed by atoms with Gasteiger partial charge in [-0.15, -0.1) is 0 Å². The van der Waals surface area contributed by atoms with Gasteiger partial charge in [-0.2, -0.15) is 0 Å². The van der Waals surface area contributed by atoms with Crippen molar-refractivity contribution >= 4 is 5.57 Å². The third kappa shape index (κ3) is 3.36. The molecule has 0 heterocycles. The average Bonchev–Trinajstić information content (AvgIpc) is 2.51. The van der Waals surface area contributed by atoms with E-state index in [-0.39, 0.29) is 0 Å². The van der Waals surface area contributed by atoms with Crippen LogP contribution in [0.1, 0.15) is 18.9 Å². The fourth-order valence-electron chi connectivity index (χ4n) is 1.79. The second-order valence-electron chi connectivity index (χ2n) is 4.72. The van der Waals surface area contributed by atoms with Gasteiger partial charge < -0.3 is 0 Å². The molecule has 0 unspecified atom stereocenters. The van der Waals surface area contributed by atoms with E-state index in [0.29, 0.717) is 0 Å². The fourth-order valence-corrected chi connectivity index (χ4v) is 1.79. The maximum absolute atomic E-state index is 4.10. The van der Waals surface area contributed by atoms with Crippen LogP contribution in [-0.2, 0) is 0 Å². The lowest BCUT2D eigenvalue weighted by atomic mass is 9.87. The van der Waals surface area contributed by atoms with Crippen LogP contribution in [0.3, 0.4) is 0 Å². The van der Waals surface area contributed by atoms with E-state index in [9.17, 15) is 0 Å². The third-order valence-electron chi connectivity index (χ3n) is 3.43. The molecule has 0 bridgehead atoms. The van der Waals surface area contributed by atoms with Gasteiger partial charge in [0.05, 0.1) is 0 Å². The van der Waals surface area contributed by atoms with E-state index in [4.69, 9.17) is 0 Å². The highest BCUT2D eigenvalue weighted by molar-refractivity contribution is 5.84. The lowest BCUT2D eigenvalue weighted by molar-refractivity contribution is 1.12. The number of allylic oxidation sites excluding steroid dienone is 6. The van der Waals surface area contributed by atoms with Crippen molar-refractivity contribution in [2.24, 2.45) is 0 Å². The van der Waals surface area contributed by atoms with Crippen molar-refractivity contribution in [1.82, 2.24) is 0 Å². The Morgan fingerprint density at radius 3 is 1.75 bits per heavy atom. The van der Waals surface area contributed by atoms with E-state index in [2.05, 4.69) is 39.5 Å². The molecule has 0 radical (unpaired) electrons. The van der Waals surface area contributed by atoms with Crippen LogP contribution in [-0.4, -0.2) is 0 Å². The first kappa shape index (κ1) is 15.7. The number of hydrogen-bond donors (Lipinski definition) is 0. The van der Waals surface area contributed by atoms with Gasteiger partial charge in [-0.1, -0.05) is 76.7 Å². The second-order valence-corrected chi connectivity index (χ2v) is 4.72. The SMILES string of the molecule is C=C(CC)C(=C)C(=C)C(=C)C(=C)C(=C)c1ccccc1. The molecule has 1 aromatic rings. The number of rotatable bonds is 7. The fraction of sp³-hybridized carbons (Fsp3) is 0.100. The molecule has 1 rings (SSSR count). The smallest absolute Gasteiger partial charge is 0.0183 e. The molecule has 0 spiro atoms. The Hall–Kier alpha value is -2.34. The molecule has 0 heteroatoms. The molecule has 0 amide bonds. The largest absolute Gasteiger partial charge is 0.0952 e. The number of benzene rings is 1.